The molecule has 104 valence electrons. The molecule has 6 N–H and O–H groups in total. The monoisotopic (exact) mass is 278 g/mol. The van der Waals surface area contributed by atoms with Gasteiger partial charge >= 0.3 is 6.03 Å². The van der Waals surface area contributed by atoms with Gasteiger partial charge in [-0.15, -0.1) is 0 Å². The number of rotatable bonds is 3. The number of hydrogen-bond donors (Lipinski definition) is 5. The topological polar surface area (TPSA) is 159 Å². The van der Waals surface area contributed by atoms with Crippen molar-refractivity contribution in [1.82, 2.24) is 15.7 Å². The average Bonchev–Trinajstić information content (AvgIpc) is 2.78. The SMILES string of the molecule is Nc1nonc1NC(=O)NN=Cc1ccc(O)cc1O. The lowest BCUT2D eigenvalue weighted by Crippen LogP contribution is -2.24. The number of nitrogens with two attached hydrogens (primary N) is 1. The van der Waals surface area contributed by atoms with Crippen LogP contribution >= 0.6 is 0 Å². The van der Waals surface area contributed by atoms with E-state index in [0.717, 1.165) is 6.07 Å². The maximum absolute atomic E-state index is 11.4. The first kappa shape index (κ1) is 13.1. The van der Waals surface area contributed by atoms with Crippen LogP contribution in [0.2, 0.25) is 0 Å². The van der Waals surface area contributed by atoms with E-state index in [4.69, 9.17) is 10.8 Å². The summed E-state index contributed by atoms with van der Waals surface area (Å²) in [7, 11) is 0. The van der Waals surface area contributed by atoms with Crippen LogP contribution in [0.15, 0.2) is 27.9 Å². The van der Waals surface area contributed by atoms with Crippen molar-refractivity contribution in [2.45, 2.75) is 0 Å². The molecule has 10 heteroatoms. The predicted octanol–water partition coefficient (Wildman–Crippen LogP) is 0.219. The normalized spacial score (nSPS) is 10.6. The zero-order chi connectivity index (χ0) is 14.5. The van der Waals surface area contributed by atoms with Crippen molar-refractivity contribution in [1.29, 1.82) is 0 Å². The average molecular weight is 278 g/mol. The van der Waals surface area contributed by atoms with E-state index in [-0.39, 0.29) is 23.1 Å². The Labute approximate surface area is 111 Å². The van der Waals surface area contributed by atoms with Crippen molar-refractivity contribution in [3.05, 3.63) is 23.8 Å². The number of hydrogen-bond acceptors (Lipinski definition) is 8. The molecule has 1 aromatic carbocycles. The number of amides is 2. The Kier molecular flexibility index (Phi) is 3.65. The number of nitrogens with zero attached hydrogens (tertiary/aromatic N) is 3. The summed E-state index contributed by atoms with van der Waals surface area (Å²) in [5.41, 5.74) is 7.77. The number of nitrogens with one attached hydrogen (secondary N) is 2. The standard InChI is InChI=1S/C10H10N6O4/c11-8-9(16-20-15-8)13-10(19)14-12-4-5-1-2-6(17)3-7(5)18/h1-4,17-18H,(H2,11,15)(H2,13,14,16,19). The highest BCUT2D eigenvalue weighted by Crippen LogP contribution is 2.20. The molecule has 0 unspecified atom stereocenters. The van der Waals surface area contributed by atoms with Crippen molar-refractivity contribution in [2.75, 3.05) is 11.1 Å². The third-order valence-corrected chi connectivity index (χ3v) is 2.13. The molecule has 0 aliphatic heterocycles. The number of anilines is 2. The Hall–Kier alpha value is -3.30. The molecular weight excluding hydrogens is 268 g/mol. The molecule has 0 spiro atoms. The zero-order valence-electron chi connectivity index (χ0n) is 9.94. The van der Waals surface area contributed by atoms with E-state index in [0.29, 0.717) is 5.56 Å². The second-order valence-corrected chi connectivity index (χ2v) is 3.57. The second-order valence-electron chi connectivity index (χ2n) is 3.57. The molecule has 2 amide bonds. The highest BCUT2D eigenvalue weighted by atomic mass is 16.6. The van der Waals surface area contributed by atoms with Gasteiger partial charge in [0.2, 0.25) is 11.6 Å². The maximum Gasteiger partial charge on any atom is 0.340 e. The number of carbonyl (C=O) groups excluding carboxylic acids is 1. The molecule has 0 bridgehead atoms. The third kappa shape index (κ3) is 3.13. The van der Waals surface area contributed by atoms with Crippen LogP contribution in [-0.4, -0.2) is 32.8 Å². The summed E-state index contributed by atoms with van der Waals surface area (Å²) >= 11 is 0. The lowest BCUT2D eigenvalue weighted by molar-refractivity contribution is 0.252. The molecule has 20 heavy (non-hydrogen) atoms. The number of carbonyl (C=O) groups is 1. The first-order valence-electron chi connectivity index (χ1n) is 5.26. The van der Waals surface area contributed by atoms with Crippen molar-refractivity contribution < 1.29 is 19.6 Å². The number of nitrogen functional groups attached to an aromatic ring is 1. The van der Waals surface area contributed by atoms with Crippen molar-refractivity contribution >= 4 is 23.9 Å². The van der Waals surface area contributed by atoms with Crippen LogP contribution in [0.1, 0.15) is 5.56 Å². The Morgan fingerprint density at radius 1 is 1.40 bits per heavy atom. The van der Waals surface area contributed by atoms with Crippen LogP contribution in [-0.2, 0) is 0 Å². The number of aromatic nitrogens is 2. The summed E-state index contributed by atoms with van der Waals surface area (Å²) < 4.78 is 4.28. The van der Waals surface area contributed by atoms with E-state index >= 15 is 0 Å². The fourth-order valence-electron chi connectivity index (χ4n) is 1.22. The molecule has 0 atom stereocenters. The van der Waals surface area contributed by atoms with Gasteiger partial charge in [-0.25, -0.2) is 14.8 Å². The lowest BCUT2D eigenvalue weighted by atomic mass is 10.2. The molecule has 2 rings (SSSR count). The summed E-state index contributed by atoms with van der Waals surface area (Å²) in [5.74, 6) is -0.370. The van der Waals surface area contributed by atoms with E-state index in [1.807, 2.05) is 0 Å². The molecule has 0 fully saturated rings. The quantitative estimate of drug-likeness (QED) is 0.396. The predicted molar refractivity (Wildman–Crippen MR) is 68.2 cm³/mol. The summed E-state index contributed by atoms with van der Waals surface area (Å²) in [5, 5.41) is 31.0. The second kappa shape index (κ2) is 5.56. The van der Waals surface area contributed by atoms with Gasteiger partial charge in [-0.2, -0.15) is 5.10 Å². The summed E-state index contributed by atoms with van der Waals surface area (Å²) in [4.78, 5) is 11.4. The van der Waals surface area contributed by atoms with Gasteiger partial charge in [0, 0.05) is 11.6 Å². The van der Waals surface area contributed by atoms with E-state index < -0.39 is 6.03 Å². The van der Waals surface area contributed by atoms with Gasteiger partial charge in [0.25, 0.3) is 0 Å². The number of phenolic OH excluding ortho intramolecular Hbond substituents is 2. The summed E-state index contributed by atoms with van der Waals surface area (Å²) in [6.07, 6.45) is 1.19. The van der Waals surface area contributed by atoms with Crippen LogP contribution in [0.4, 0.5) is 16.4 Å². The molecule has 1 heterocycles. The first-order valence-corrected chi connectivity index (χ1v) is 5.26. The molecule has 0 saturated carbocycles. The smallest absolute Gasteiger partial charge is 0.340 e. The molecule has 10 nitrogen and oxygen atoms in total. The van der Waals surface area contributed by atoms with Crippen molar-refractivity contribution in [2.24, 2.45) is 5.10 Å². The minimum absolute atomic E-state index is 0.0369. The Morgan fingerprint density at radius 2 is 2.20 bits per heavy atom. The number of aromatic hydroxyl groups is 2. The molecule has 2 aromatic rings. The van der Waals surface area contributed by atoms with Crippen LogP contribution in [0, 0.1) is 0 Å². The number of urea groups is 1. The Morgan fingerprint density at radius 3 is 2.85 bits per heavy atom. The van der Waals surface area contributed by atoms with Crippen LogP contribution in [0.3, 0.4) is 0 Å². The van der Waals surface area contributed by atoms with Crippen molar-refractivity contribution in [3.8, 4) is 11.5 Å². The van der Waals surface area contributed by atoms with E-state index in [1.54, 1.807) is 0 Å². The molecule has 0 aliphatic carbocycles. The van der Waals surface area contributed by atoms with Gasteiger partial charge in [0.05, 0.1) is 6.21 Å². The zero-order valence-corrected chi connectivity index (χ0v) is 9.94. The van der Waals surface area contributed by atoms with Crippen LogP contribution < -0.4 is 16.5 Å². The molecule has 0 aliphatic rings. The number of phenols is 2. The molecular formula is C10H10N6O4. The fraction of sp³-hybridized carbons (Fsp3) is 0. The highest BCUT2D eigenvalue weighted by molar-refractivity contribution is 5.91. The van der Waals surface area contributed by atoms with Gasteiger partial charge in [-0.3, -0.25) is 5.32 Å². The lowest BCUT2D eigenvalue weighted by Gasteiger charge is -2.01. The Bertz CT molecular complexity index is 653. The maximum atomic E-state index is 11.4. The highest BCUT2D eigenvalue weighted by Gasteiger charge is 2.09. The molecule has 1 aromatic heterocycles. The minimum atomic E-state index is -0.720. The van der Waals surface area contributed by atoms with Gasteiger partial charge in [-0.1, -0.05) is 0 Å². The fourth-order valence-corrected chi connectivity index (χ4v) is 1.22. The van der Waals surface area contributed by atoms with Gasteiger partial charge in [0.15, 0.2) is 0 Å². The number of hydrazone groups is 1. The summed E-state index contributed by atoms with van der Waals surface area (Å²) in [6, 6.07) is 3.21. The first-order chi connectivity index (χ1) is 9.56. The van der Waals surface area contributed by atoms with Crippen LogP contribution in [0.25, 0.3) is 0 Å². The molecule has 0 radical (unpaired) electrons. The van der Waals surface area contributed by atoms with E-state index in [2.05, 4.69) is 30.8 Å². The van der Waals surface area contributed by atoms with E-state index in [9.17, 15) is 9.90 Å². The minimum Gasteiger partial charge on any atom is -0.508 e. The van der Waals surface area contributed by atoms with E-state index in [1.165, 1.54) is 18.3 Å². The van der Waals surface area contributed by atoms with Gasteiger partial charge in [-0.05, 0) is 22.4 Å². The van der Waals surface area contributed by atoms with Gasteiger partial charge in [0.1, 0.15) is 11.5 Å². The largest absolute Gasteiger partial charge is 0.508 e. The molecule has 0 saturated heterocycles. The Balaban J connectivity index is 1.93. The van der Waals surface area contributed by atoms with Crippen LogP contribution in [0.5, 0.6) is 11.5 Å². The van der Waals surface area contributed by atoms with Gasteiger partial charge < -0.3 is 15.9 Å². The summed E-state index contributed by atoms with van der Waals surface area (Å²) in [6.45, 7) is 0. The van der Waals surface area contributed by atoms with Crippen molar-refractivity contribution in [3.63, 3.8) is 0 Å². The third-order valence-electron chi connectivity index (χ3n) is 2.13. The number of benzene rings is 1.